The van der Waals surface area contributed by atoms with Crippen molar-refractivity contribution in [1.82, 2.24) is 0 Å². The number of hydrogen-bond donors (Lipinski definition) is 1. The molecule has 0 aromatic heterocycles. The number of carbonyl (C=O) groups excluding carboxylic acids is 1. The highest BCUT2D eigenvalue weighted by Crippen LogP contribution is 2.14. The fourth-order valence-electron chi connectivity index (χ4n) is 1.13. The number of rotatable bonds is 8. The van der Waals surface area contributed by atoms with Crippen molar-refractivity contribution in [3.8, 4) is 0 Å². The van der Waals surface area contributed by atoms with E-state index in [1.807, 2.05) is 0 Å². The van der Waals surface area contributed by atoms with Gasteiger partial charge in [-0.3, -0.25) is 0 Å². The van der Waals surface area contributed by atoms with Gasteiger partial charge in [0.2, 0.25) is 0 Å². The molecule has 0 aliphatic heterocycles. The van der Waals surface area contributed by atoms with Crippen LogP contribution < -0.4 is 0 Å². The summed E-state index contributed by atoms with van der Waals surface area (Å²) in [5.74, 6) is -0.375. The summed E-state index contributed by atoms with van der Waals surface area (Å²) in [7, 11) is 2.52. The summed E-state index contributed by atoms with van der Waals surface area (Å²) in [5.41, 5.74) is 0.397. The zero-order chi connectivity index (χ0) is 19.1. The van der Waals surface area contributed by atoms with Gasteiger partial charge in [-0.2, -0.15) is 0 Å². The van der Waals surface area contributed by atoms with E-state index in [-0.39, 0.29) is 5.97 Å². The standard InChI is InChI=1S/C10H20O5Si.C4H12Si.CH4O/c1-9(2)10(11)15-7-6-8-16(12-3,13-4)14-5;1-5(2,3)4;1-2/h1,6-8H2,2-5H3;1-4H3;2H,1H3. The van der Waals surface area contributed by atoms with Crippen molar-refractivity contribution >= 4 is 22.8 Å². The first-order chi connectivity index (χ1) is 10.5. The van der Waals surface area contributed by atoms with Gasteiger partial charge in [0.15, 0.2) is 0 Å². The summed E-state index contributed by atoms with van der Waals surface area (Å²) >= 11 is 0. The number of ether oxygens (including phenoxy) is 1. The minimum absolute atomic E-state index is 0.316. The van der Waals surface area contributed by atoms with Crippen LogP contribution in [0.5, 0.6) is 0 Å². The van der Waals surface area contributed by atoms with E-state index in [2.05, 4.69) is 32.8 Å². The van der Waals surface area contributed by atoms with E-state index in [9.17, 15) is 4.79 Å². The molecule has 0 aliphatic carbocycles. The number of hydrogen-bond acceptors (Lipinski definition) is 6. The van der Waals surface area contributed by atoms with E-state index in [0.29, 0.717) is 24.6 Å². The third-order valence-electron chi connectivity index (χ3n) is 2.14. The molecule has 0 aromatic carbocycles. The molecule has 0 heterocycles. The fraction of sp³-hybridized carbons (Fsp3) is 0.800. The monoisotopic (exact) mass is 368 g/mol. The van der Waals surface area contributed by atoms with Crippen LogP contribution in [0.1, 0.15) is 13.3 Å². The van der Waals surface area contributed by atoms with Crippen LogP contribution in [-0.2, 0) is 22.8 Å². The van der Waals surface area contributed by atoms with Gasteiger partial charge in [-0.25, -0.2) is 4.79 Å². The van der Waals surface area contributed by atoms with Gasteiger partial charge in [-0.15, -0.1) is 0 Å². The molecule has 6 nitrogen and oxygen atoms in total. The summed E-state index contributed by atoms with van der Waals surface area (Å²) < 4.78 is 20.6. The Labute approximate surface area is 144 Å². The molecule has 0 fully saturated rings. The van der Waals surface area contributed by atoms with Crippen LogP contribution in [0.4, 0.5) is 0 Å². The number of carbonyl (C=O) groups is 1. The van der Waals surface area contributed by atoms with Crippen LogP contribution in [0.15, 0.2) is 12.2 Å². The maximum absolute atomic E-state index is 11.1. The summed E-state index contributed by atoms with van der Waals surface area (Å²) in [5, 5.41) is 7.00. The summed E-state index contributed by atoms with van der Waals surface area (Å²) in [4.78, 5) is 11.1. The first-order valence-electron chi connectivity index (χ1n) is 7.44. The lowest BCUT2D eigenvalue weighted by Gasteiger charge is -2.24. The zero-order valence-corrected chi connectivity index (χ0v) is 18.3. The van der Waals surface area contributed by atoms with Crippen LogP contribution in [0.3, 0.4) is 0 Å². The van der Waals surface area contributed by atoms with Crippen molar-refractivity contribution in [2.75, 3.05) is 35.0 Å². The van der Waals surface area contributed by atoms with E-state index in [4.69, 9.17) is 23.1 Å². The smallest absolute Gasteiger partial charge is 0.462 e. The summed E-state index contributed by atoms with van der Waals surface area (Å²) in [6.45, 7) is 14.7. The molecule has 0 spiro atoms. The molecule has 0 amide bonds. The molecular weight excluding hydrogens is 332 g/mol. The van der Waals surface area contributed by atoms with Gasteiger partial charge in [0.1, 0.15) is 0 Å². The lowest BCUT2D eigenvalue weighted by molar-refractivity contribution is -0.139. The van der Waals surface area contributed by atoms with Crippen molar-refractivity contribution in [2.45, 2.75) is 45.6 Å². The second-order valence-corrected chi connectivity index (χ2v) is 15.4. The SMILES string of the molecule is C=C(C)C(=O)OCCC[Si](OC)(OC)OC.CO.C[Si](C)(C)C. The molecule has 0 saturated heterocycles. The van der Waals surface area contributed by atoms with Gasteiger partial charge in [-0.1, -0.05) is 32.8 Å². The van der Waals surface area contributed by atoms with Crippen LogP contribution >= 0.6 is 0 Å². The lowest BCUT2D eigenvalue weighted by atomic mass is 10.4. The molecule has 0 saturated carbocycles. The summed E-state index contributed by atoms with van der Waals surface area (Å²) in [6.07, 6.45) is 0.640. The van der Waals surface area contributed by atoms with E-state index in [1.165, 1.54) is 0 Å². The maximum Gasteiger partial charge on any atom is 0.500 e. The first kappa shape index (κ1) is 27.3. The Balaban J connectivity index is -0.000000483. The third-order valence-corrected chi connectivity index (χ3v) is 4.97. The van der Waals surface area contributed by atoms with Gasteiger partial charge in [0.05, 0.1) is 6.61 Å². The minimum Gasteiger partial charge on any atom is -0.462 e. The van der Waals surface area contributed by atoms with Crippen LogP contribution in [0.2, 0.25) is 32.2 Å². The van der Waals surface area contributed by atoms with Crippen molar-refractivity contribution < 1.29 is 27.9 Å². The second-order valence-electron chi connectivity index (χ2n) is 6.32. The molecule has 0 aliphatic rings. The highest BCUT2D eigenvalue weighted by Gasteiger charge is 2.36. The second kappa shape index (κ2) is 15.0. The molecule has 0 unspecified atom stereocenters. The van der Waals surface area contributed by atoms with Crippen LogP contribution in [0.25, 0.3) is 0 Å². The van der Waals surface area contributed by atoms with Gasteiger partial charge in [0, 0.05) is 48.1 Å². The number of aliphatic hydroxyl groups is 1. The van der Waals surface area contributed by atoms with Crippen LogP contribution in [-0.4, -0.2) is 63.0 Å². The van der Waals surface area contributed by atoms with E-state index in [0.717, 1.165) is 7.11 Å². The Morgan fingerprint density at radius 1 is 1.00 bits per heavy atom. The Morgan fingerprint density at radius 3 is 1.61 bits per heavy atom. The molecule has 0 atom stereocenters. The maximum atomic E-state index is 11.1. The molecule has 0 bridgehead atoms. The highest BCUT2D eigenvalue weighted by molar-refractivity contribution is 6.74. The summed E-state index contributed by atoms with van der Waals surface area (Å²) in [6, 6.07) is 0.611. The molecule has 0 rings (SSSR count). The van der Waals surface area contributed by atoms with Crippen molar-refractivity contribution in [3.63, 3.8) is 0 Å². The number of aliphatic hydroxyl groups excluding tert-OH is 1. The molecule has 0 radical (unpaired) electrons. The first-order valence-corrected chi connectivity index (χ1v) is 13.4. The zero-order valence-electron chi connectivity index (χ0n) is 16.3. The predicted molar refractivity (Wildman–Crippen MR) is 99.3 cm³/mol. The lowest BCUT2D eigenvalue weighted by Crippen LogP contribution is -2.42. The molecule has 1 N–H and O–H groups in total. The van der Waals surface area contributed by atoms with Gasteiger partial charge >= 0.3 is 14.8 Å². The number of esters is 1. The van der Waals surface area contributed by atoms with Crippen LogP contribution in [0, 0.1) is 0 Å². The van der Waals surface area contributed by atoms with Gasteiger partial charge < -0.3 is 23.1 Å². The molecule has 140 valence electrons. The largest absolute Gasteiger partial charge is 0.500 e. The predicted octanol–water partition coefficient (Wildman–Crippen LogP) is 2.94. The average Bonchev–Trinajstić information content (AvgIpc) is 2.48. The van der Waals surface area contributed by atoms with Crippen molar-refractivity contribution in [1.29, 1.82) is 0 Å². The molecule has 0 aromatic rings. The molecular formula is C15H36O6Si2. The Kier molecular flexibility index (Phi) is 17.9. The van der Waals surface area contributed by atoms with E-state index in [1.54, 1.807) is 28.3 Å². The fourth-order valence-corrected chi connectivity index (χ4v) is 2.82. The van der Waals surface area contributed by atoms with Crippen molar-refractivity contribution in [3.05, 3.63) is 12.2 Å². The third kappa shape index (κ3) is 19.4. The van der Waals surface area contributed by atoms with E-state index >= 15 is 0 Å². The average molecular weight is 369 g/mol. The van der Waals surface area contributed by atoms with Gasteiger partial charge in [-0.05, 0) is 13.3 Å². The minimum atomic E-state index is -2.53. The van der Waals surface area contributed by atoms with Crippen molar-refractivity contribution in [2.24, 2.45) is 0 Å². The molecule has 23 heavy (non-hydrogen) atoms. The van der Waals surface area contributed by atoms with E-state index < -0.39 is 16.9 Å². The quantitative estimate of drug-likeness (QED) is 0.307. The Bertz CT molecular complexity index is 297. The van der Waals surface area contributed by atoms with Gasteiger partial charge in [0.25, 0.3) is 0 Å². The molecule has 8 heteroatoms. The Hall–Kier alpha value is -0.516. The Morgan fingerprint density at radius 2 is 1.35 bits per heavy atom. The topological polar surface area (TPSA) is 74.2 Å². The normalized spacial score (nSPS) is 10.7. The highest BCUT2D eigenvalue weighted by atomic mass is 28.4.